The number of piperidine rings is 1. The molecule has 2 fully saturated rings. The minimum Gasteiger partial charge on any atom is -0.467 e. The molecule has 3 aliphatic heterocycles. The van der Waals surface area contributed by atoms with Gasteiger partial charge in [-0.05, 0) is 31.9 Å². The van der Waals surface area contributed by atoms with Gasteiger partial charge in [-0.3, -0.25) is 14.5 Å². The van der Waals surface area contributed by atoms with Crippen molar-refractivity contribution in [3.8, 4) is 0 Å². The van der Waals surface area contributed by atoms with E-state index in [2.05, 4.69) is 5.32 Å². The molecule has 3 aliphatic rings. The fourth-order valence-electron chi connectivity index (χ4n) is 4.65. The third kappa shape index (κ3) is 3.68. The average Bonchev–Trinajstić information content (AvgIpc) is 2.96. The van der Waals surface area contributed by atoms with E-state index in [0.717, 1.165) is 11.3 Å². The van der Waals surface area contributed by atoms with Crippen LogP contribution in [-0.4, -0.2) is 66.9 Å². The number of esters is 1. The van der Waals surface area contributed by atoms with E-state index in [1.165, 1.54) is 7.11 Å². The third-order valence-corrected chi connectivity index (χ3v) is 5.83. The van der Waals surface area contributed by atoms with Crippen molar-refractivity contribution in [3.63, 3.8) is 0 Å². The summed E-state index contributed by atoms with van der Waals surface area (Å²) in [6.07, 6.45) is 2.33. The Morgan fingerprint density at radius 3 is 2.41 bits per heavy atom. The molecule has 0 aromatic heterocycles. The van der Waals surface area contributed by atoms with E-state index >= 15 is 0 Å². The molecule has 1 N–H and O–H groups in total. The summed E-state index contributed by atoms with van der Waals surface area (Å²) in [5, 5.41) is 3.45. The van der Waals surface area contributed by atoms with Crippen molar-refractivity contribution in [3.05, 3.63) is 35.4 Å². The summed E-state index contributed by atoms with van der Waals surface area (Å²) < 4.78 is 16.9. The van der Waals surface area contributed by atoms with E-state index in [9.17, 15) is 14.4 Å². The standard InChI is InChI=1S/C21H26N2O6/c1-13-11-21(28-8-5-9-29-21)12-14(22-13)10-17(20(26)27-2)23-18(24)15-6-3-4-7-16(15)19(23)25/h3-4,6-7,13-14,17,22H,5,8-12H2,1-2H3/t13-,14+,17-/m1/s1. The highest BCUT2D eigenvalue weighted by molar-refractivity contribution is 6.22. The molecule has 0 unspecified atom stereocenters. The van der Waals surface area contributed by atoms with Gasteiger partial charge in [0.25, 0.3) is 11.8 Å². The number of amides is 2. The van der Waals surface area contributed by atoms with Crippen molar-refractivity contribution in [2.75, 3.05) is 20.3 Å². The second-order valence-electron chi connectivity index (χ2n) is 7.93. The van der Waals surface area contributed by atoms with E-state index in [1.807, 2.05) is 6.92 Å². The molecule has 1 aromatic rings. The smallest absolute Gasteiger partial charge is 0.329 e. The second-order valence-corrected chi connectivity index (χ2v) is 7.93. The summed E-state index contributed by atoms with van der Waals surface area (Å²) >= 11 is 0. The van der Waals surface area contributed by atoms with Crippen LogP contribution in [0.15, 0.2) is 24.3 Å². The quantitative estimate of drug-likeness (QED) is 0.602. The van der Waals surface area contributed by atoms with Gasteiger partial charge in [-0.1, -0.05) is 12.1 Å². The molecule has 2 saturated heterocycles. The third-order valence-electron chi connectivity index (χ3n) is 5.83. The van der Waals surface area contributed by atoms with Crippen LogP contribution in [0.5, 0.6) is 0 Å². The molecular weight excluding hydrogens is 376 g/mol. The topological polar surface area (TPSA) is 94.2 Å². The molecule has 2 amide bonds. The van der Waals surface area contributed by atoms with Gasteiger partial charge in [-0.15, -0.1) is 0 Å². The number of imide groups is 1. The molecule has 156 valence electrons. The molecule has 0 bridgehead atoms. The molecule has 4 rings (SSSR count). The molecule has 3 heterocycles. The number of carbonyl (C=O) groups is 3. The minimum atomic E-state index is -1.02. The number of nitrogens with one attached hydrogen (secondary N) is 1. The van der Waals surface area contributed by atoms with Gasteiger partial charge in [0.2, 0.25) is 0 Å². The number of hydrogen-bond acceptors (Lipinski definition) is 7. The van der Waals surface area contributed by atoms with Crippen LogP contribution in [0, 0.1) is 0 Å². The van der Waals surface area contributed by atoms with Crippen LogP contribution >= 0.6 is 0 Å². The number of hydrogen-bond donors (Lipinski definition) is 1. The van der Waals surface area contributed by atoms with Gasteiger partial charge in [-0.2, -0.15) is 0 Å². The monoisotopic (exact) mass is 402 g/mol. The molecule has 29 heavy (non-hydrogen) atoms. The first kappa shape index (κ1) is 20.0. The number of methoxy groups -OCH3 is 1. The highest BCUT2D eigenvalue weighted by atomic mass is 16.7. The normalized spacial score (nSPS) is 27.0. The lowest BCUT2D eigenvalue weighted by molar-refractivity contribution is -0.286. The maximum Gasteiger partial charge on any atom is 0.329 e. The number of nitrogens with zero attached hydrogens (tertiary/aromatic N) is 1. The predicted octanol–water partition coefficient (Wildman–Crippen LogP) is 1.49. The summed E-state index contributed by atoms with van der Waals surface area (Å²) in [6.45, 7) is 3.31. The van der Waals surface area contributed by atoms with Gasteiger partial charge in [0.05, 0.1) is 31.5 Å². The largest absolute Gasteiger partial charge is 0.467 e. The van der Waals surface area contributed by atoms with E-state index in [-0.39, 0.29) is 18.5 Å². The van der Waals surface area contributed by atoms with Crippen molar-refractivity contribution in [2.24, 2.45) is 0 Å². The van der Waals surface area contributed by atoms with Crippen molar-refractivity contribution < 1.29 is 28.6 Å². The summed E-state index contributed by atoms with van der Waals surface area (Å²) in [6, 6.07) is 5.51. The first-order valence-corrected chi connectivity index (χ1v) is 10.0. The highest BCUT2D eigenvalue weighted by Crippen LogP contribution is 2.35. The molecule has 0 radical (unpaired) electrons. The fraction of sp³-hybridized carbons (Fsp3) is 0.571. The molecule has 8 nitrogen and oxygen atoms in total. The Morgan fingerprint density at radius 2 is 1.83 bits per heavy atom. The van der Waals surface area contributed by atoms with Crippen LogP contribution in [0.3, 0.4) is 0 Å². The molecule has 3 atom stereocenters. The zero-order chi connectivity index (χ0) is 20.6. The molecule has 0 aliphatic carbocycles. The zero-order valence-electron chi connectivity index (χ0n) is 16.7. The first-order chi connectivity index (χ1) is 13.9. The van der Waals surface area contributed by atoms with Gasteiger partial charge in [0.1, 0.15) is 6.04 Å². The van der Waals surface area contributed by atoms with Gasteiger partial charge >= 0.3 is 5.97 Å². The second kappa shape index (κ2) is 7.85. The number of carbonyl (C=O) groups excluding carboxylic acids is 3. The van der Waals surface area contributed by atoms with E-state index < -0.39 is 29.6 Å². The molecule has 8 heteroatoms. The Labute approximate surface area is 169 Å². The van der Waals surface area contributed by atoms with Crippen LogP contribution in [-0.2, 0) is 19.0 Å². The van der Waals surface area contributed by atoms with Crippen LogP contribution in [0.25, 0.3) is 0 Å². The summed E-state index contributed by atoms with van der Waals surface area (Å²) in [7, 11) is 1.26. The Bertz CT molecular complexity index is 784. The zero-order valence-corrected chi connectivity index (χ0v) is 16.7. The van der Waals surface area contributed by atoms with Crippen molar-refractivity contribution in [1.29, 1.82) is 0 Å². The number of benzene rings is 1. The van der Waals surface area contributed by atoms with Crippen molar-refractivity contribution in [2.45, 2.75) is 56.5 Å². The average molecular weight is 402 g/mol. The summed E-state index contributed by atoms with van der Waals surface area (Å²) in [5.41, 5.74) is 0.624. The molecule has 1 aromatic carbocycles. The van der Waals surface area contributed by atoms with E-state index in [4.69, 9.17) is 14.2 Å². The summed E-state index contributed by atoms with van der Waals surface area (Å²) in [4.78, 5) is 39.4. The Kier molecular flexibility index (Phi) is 5.42. The molecule has 0 saturated carbocycles. The fourth-order valence-corrected chi connectivity index (χ4v) is 4.65. The SMILES string of the molecule is COC(=O)[C@@H](C[C@H]1CC2(C[C@@H](C)N1)OCCCO2)N1C(=O)c2ccccc2C1=O. The highest BCUT2D eigenvalue weighted by Gasteiger charge is 2.47. The summed E-state index contributed by atoms with van der Waals surface area (Å²) in [5.74, 6) is -2.23. The Hall–Kier alpha value is -2.29. The van der Waals surface area contributed by atoms with Crippen LogP contribution in [0.4, 0.5) is 0 Å². The predicted molar refractivity (Wildman–Crippen MR) is 102 cm³/mol. The van der Waals surface area contributed by atoms with Crippen molar-refractivity contribution >= 4 is 17.8 Å². The first-order valence-electron chi connectivity index (χ1n) is 10.0. The van der Waals surface area contributed by atoms with Crippen LogP contribution < -0.4 is 5.32 Å². The number of ether oxygens (including phenoxy) is 3. The van der Waals surface area contributed by atoms with Gasteiger partial charge in [-0.25, -0.2) is 4.79 Å². The van der Waals surface area contributed by atoms with Gasteiger partial charge in [0, 0.05) is 24.9 Å². The lowest BCUT2D eigenvalue weighted by Gasteiger charge is -2.46. The number of fused-ring (bicyclic) bond motifs is 1. The van der Waals surface area contributed by atoms with E-state index in [1.54, 1.807) is 24.3 Å². The lowest BCUT2D eigenvalue weighted by atomic mass is 9.88. The van der Waals surface area contributed by atoms with Crippen LogP contribution in [0.2, 0.25) is 0 Å². The Balaban J connectivity index is 1.58. The lowest BCUT2D eigenvalue weighted by Crippen LogP contribution is -2.58. The van der Waals surface area contributed by atoms with Crippen molar-refractivity contribution in [1.82, 2.24) is 10.2 Å². The van der Waals surface area contributed by atoms with Gasteiger partial charge in [0.15, 0.2) is 5.79 Å². The van der Waals surface area contributed by atoms with Gasteiger partial charge < -0.3 is 19.5 Å². The maximum absolute atomic E-state index is 12.9. The Morgan fingerprint density at radius 1 is 1.21 bits per heavy atom. The van der Waals surface area contributed by atoms with E-state index in [0.29, 0.717) is 37.2 Å². The molecular formula is C21H26N2O6. The maximum atomic E-state index is 12.9. The number of rotatable bonds is 4. The van der Waals surface area contributed by atoms with Crippen LogP contribution in [0.1, 0.15) is 53.3 Å². The molecule has 1 spiro atoms. The minimum absolute atomic E-state index is 0.104.